The standard InChI is InChI=1S/C31H39N/c1-8-12-17-24(11-4)26-22-30-28(21-23(26)5)31(6,7)27-19-14-15-20-29(27)32(30)25(16-10-3)18-13-9-2/h9-13,16-22H,8,14-15H2,1-7H3/b13-9-,16-10-,17-12-,24-11-,25-18+. The molecule has 0 aromatic heterocycles. The molecule has 3 rings (SSSR count). The molecule has 0 saturated carbocycles. The van der Waals surface area contributed by atoms with E-state index in [-0.39, 0.29) is 5.41 Å². The SMILES string of the molecule is C\C=C/C=C(\C=C/C)N1C2=CCCC=C2C(C)(C)c2cc(C)c(C(/C=C\CC)=C\C)cc21. The first-order valence-electron chi connectivity index (χ1n) is 12.1. The van der Waals surface area contributed by atoms with Crippen LogP contribution in [0.15, 0.2) is 89.9 Å². The topological polar surface area (TPSA) is 3.24 Å². The molecule has 1 aliphatic carbocycles. The van der Waals surface area contributed by atoms with Gasteiger partial charge < -0.3 is 4.90 Å². The van der Waals surface area contributed by atoms with Crippen LogP contribution in [0.1, 0.15) is 77.5 Å². The van der Waals surface area contributed by atoms with Crippen molar-refractivity contribution in [1.29, 1.82) is 0 Å². The molecule has 0 N–H and O–H groups in total. The lowest BCUT2D eigenvalue weighted by Gasteiger charge is -2.46. The molecule has 0 atom stereocenters. The lowest BCUT2D eigenvalue weighted by atomic mass is 9.69. The number of hydrogen-bond acceptors (Lipinski definition) is 1. The number of anilines is 1. The van der Waals surface area contributed by atoms with Gasteiger partial charge in [-0.3, -0.25) is 0 Å². The van der Waals surface area contributed by atoms with Crippen LogP contribution in [-0.2, 0) is 5.41 Å². The van der Waals surface area contributed by atoms with Crippen molar-refractivity contribution < 1.29 is 0 Å². The van der Waals surface area contributed by atoms with Gasteiger partial charge in [0, 0.05) is 16.8 Å². The van der Waals surface area contributed by atoms with Gasteiger partial charge in [-0.05, 0) is 93.0 Å². The van der Waals surface area contributed by atoms with Gasteiger partial charge in [-0.15, -0.1) is 0 Å². The van der Waals surface area contributed by atoms with Crippen molar-refractivity contribution >= 4 is 11.3 Å². The molecule has 1 aromatic rings. The van der Waals surface area contributed by atoms with E-state index in [4.69, 9.17) is 0 Å². The number of hydrogen-bond donors (Lipinski definition) is 0. The number of allylic oxidation sites excluding steroid dienone is 12. The van der Waals surface area contributed by atoms with Gasteiger partial charge in [0.25, 0.3) is 0 Å². The molecule has 1 aromatic carbocycles. The number of rotatable bonds is 6. The third kappa shape index (κ3) is 4.39. The zero-order valence-electron chi connectivity index (χ0n) is 21.0. The molecule has 1 aliphatic heterocycles. The highest BCUT2D eigenvalue weighted by molar-refractivity contribution is 5.84. The Labute approximate surface area is 195 Å². The quantitative estimate of drug-likeness (QED) is 0.411. The lowest BCUT2D eigenvalue weighted by Crippen LogP contribution is -2.38. The Morgan fingerprint density at radius 2 is 1.78 bits per heavy atom. The highest BCUT2D eigenvalue weighted by Crippen LogP contribution is 2.51. The Morgan fingerprint density at radius 1 is 1.03 bits per heavy atom. The zero-order chi connectivity index (χ0) is 23.3. The van der Waals surface area contributed by atoms with Crippen molar-refractivity contribution in [3.8, 4) is 0 Å². The maximum absolute atomic E-state index is 2.48. The van der Waals surface area contributed by atoms with Crippen LogP contribution in [0, 0.1) is 6.92 Å². The summed E-state index contributed by atoms with van der Waals surface area (Å²) in [6, 6.07) is 4.84. The molecule has 0 spiro atoms. The average molecular weight is 426 g/mol. The fourth-order valence-electron chi connectivity index (χ4n) is 4.85. The average Bonchev–Trinajstić information content (AvgIpc) is 2.79. The third-order valence-corrected chi connectivity index (χ3v) is 6.51. The summed E-state index contributed by atoms with van der Waals surface area (Å²) in [5.41, 5.74) is 10.6. The molecule has 0 unspecified atom stereocenters. The molecular formula is C31H39N. The van der Waals surface area contributed by atoms with Crippen molar-refractivity contribution in [2.24, 2.45) is 0 Å². The van der Waals surface area contributed by atoms with Gasteiger partial charge in [-0.2, -0.15) is 0 Å². The first-order valence-corrected chi connectivity index (χ1v) is 12.1. The Hall–Kier alpha value is -2.80. The number of nitrogens with zero attached hydrogens (tertiary/aromatic N) is 1. The van der Waals surface area contributed by atoms with Crippen molar-refractivity contribution in [3.05, 3.63) is 107 Å². The summed E-state index contributed by atoms with van der Waals surface area (Å²) in [6.07, 6.45) is 25.7. The van der Waals surface area contributed by atoms with Gasteiger partial charge in [-0.1, -0.05) is 75.4 Å². The highest BCUT2D eigenvalue weighted by atomic mass is 15.2. The van der Waals surface area contributed by atoms with Gasteiger partial charge in [0.05, 0.1) is 5.69 Å². The van der Waals surface area contributed by atoms with Crippen LogP contribution < -0.4 is 4.90 Å². The fraction of sp³-hybridized carbons (Fsp3) is 0.355. The molecule has 168 valence electrons. The van der Waals surface area contributed by atoms with Gasteiger partial charge in [0.1, 0.15) is 0 Å². The zero-order valence-corrected chi connectivity index (χ0v) is 21.0. The molecule has 0 saturated heterocycles. The molecule has 0 bridgehead atoms. The maximum Gasteiger partial charge on any atom is 0.0508 e. The summed E-state index contributed by atoms with van der Waals surface area (Å²) in [5.74, 6) is 0. The minimum absolute atomic E-state index is 0.0294. The van der Waals surface area contributed by atoms with Crippen molar-refractivity contribution in [2.45, 2.75) is 73.1 Å². The molecule has 32 heavy (non-hydrogen) atoms. The minimum Gasteiger partial charge on any atom is -0.310 e. The predicted molar refractivity (Wildman–Crippen MR) is 143 cm³/mol. The summed E-state index contributed by atoms with van der Waals surface area (Å²) in [6.45, 7) is 15.5. The van der Waals surface area contributed by atoms with E-state index in [0.29, 0.717) is 0 Å². The van der Waals surface area contributed by atoms with E-state index in [1.54, 1.807) is 0 Å². The maximum atomic E-state index is 2.48. The van der Waals surface area contributed by atoms with Gasteiger partial charge >= 0.3 is 0 Å². The number of fused-ring (bicyclic) bond motifs is 2. The van der Waals surface area contributed by atoms with Crippen molar-refractivity contribution in [2.75, 3.05) is 4.90 Å². The second kappa shape index (κ2) is 10.2. The summed E-state index contributed by atoms with van der Waals surface area (Å²) in [4.78, 5) is 2.48. The monoisotopic (exact) mass is 425 g/mol. The van der Waals surface area contributed by atoms with Crippen LogP contribution in [0.5, 0.6) is 0 Å². The molecule has 2 aliphatic rings. The number of benzene rings is 1. The molecule has 1 heteroatoms. The molecule has 0 amide bonds. The van der Waals surface area contributed by atoms with E-state index in [0.717, 1.165) is 19.3 Å². The van der Waals surface area contributed by atoms with Gasteiger partial charge in [0.2, 0.25) is 0 Å². The largest absolute Gasteiger partial charge is 0.310 e. The van der Waals surface area contributed by atoms with E-state index in [2.05, 4.69) is 126 Å². The summed E-state index contributed by atoms with van der Waals surface area (Å²) >= 11 is 0. The predicted octanol–water partition coefficient (Wildman–Crippen LogP) is 9.10. The molecule has 0 fully saturated rings. The second-order valence-corrected chi connectivity index (χ2v) is 9.10. The molecule has 1 heterocycles. The van der Waals surface area contributed by atoms with Crippen molar-refractivity contribution in [3.63, 3.8) is 0 Å². The van der Waals surface area contributed by atoms with Crippen LogP contribution in [-0.4, -0.2) is 0 Å². The fourth-order valence-corrected chi connectivity index (χ4v) is 4.85. The number of aryl methyl sites for hydroxylation is 1. The first-order chi connectivity index (χ1) is 15.4. The van der Waals surface area contributed by atoms with E-state index < -0.39 is 0 Å². The van der Waals surface area contributed by atoms with Crippen molar-refractivity contribution in [1.82, 2.24) is 0 Å². The Balaban J connectivity index is 2.36. The minimum atomic E-state index is -0.0294. The third-order valence-electron chi connectivity index (χ3n) is 6.51. The van der Waals surface area contributed by atoms with E-state index in [9.17, 15) is 0 Å². The van der Waals surface area contributed by atoms with Crippen LogP contribution in [0.4, 0.5) is 5.69 Å². The summed E-state index contributed by atoms with van der Waals surface area (Å²) in [7, 11) is 0. The smallest absolute Gasteiger partial charge is 0.0508 e. The summed E-state index contributed by atoms with van der Waals surface area (Å²) < 4.78 is 0. The van der Waals surface area contributed by atoms with Crippen LogP contribution in [0.2, 0.25) is 0 Å². The first kappa shape index (κ1) is 23.9. The van der Waals surface area contributed by atoms with Crippen LogP contribution in [0.3, 0.4) is 0 Å². The van der Waals surface area contributed by atoms with Crippen LogP contribution >= 0.6 is 0 Å². The van der Waals surface area contributed by atoms with E-state index in [1.165, 1.54) is 44.9 Å². The molecule has 0 radical (unpaired) electrons. The Bertz CT molecular complexity index is 1060. The van der Waals surface area contributed by atoms with Gasteiger partial charge in [-0.25, -0.2) is 0 Å². The Morgan fingerprint density at radius 3 is 2.44 bits per heavy atom. The van der Waals surface area contributed by atoms with E-state index >= 15 is 0 Å². The van der Waals surface area contributed by atoms with E-state index in [1.807, 2.05) is 0 Å². The molecular weight excluding hydrogens is 386 g/mol. The van der Waals surface area contributed by atoms with Crippen LogP contribution in [0.25, 0.3) is 5.57 Å². The summed E-state index contributed by atoms with van der Waals surface area (Å²) in [5, 5.41) is 0. The normalized spacial score (nSPS) is 18.9. The highest BCUT2D eigenvalue weighted by Gasteiger charge is 2.40. The molecule has 1 nitrogen and oxygen atoms in total. The van der Waals surface area contributed by atoms with Gasteiger partial charge in [0.15, 0.2) is 0 Å². The second-order valence-electron chi connectivity index (χ2n) is 9.10. The lowest BCUT2D eigenvalue weighted by molar-refractivity contribution is 0.599. The Kier molecular flexibility index (Phi) is 7.61.